The number of aromatic nitrogens is 1. The van der Waals surface area contributed by atoms with Gasteiger partial charge >= 0.3 is 5.97 Å². The second-order valence-corrected chi connectivity index (χ2v) is 11.0. The first-order chi connectivity index (χ1) is 21.0. The molecule has 1 aliphatic heterocycles. The van der Waals surface area contributed by atoms with Gasteiger partial charge in [0.15, 0.2) is 5.78 Å². The lowest BCUT2D eigenvalue weighted by molar-refractivity contribution is -0.157. The molecule has 1 aromatic heterocycles. The number of carboxylic acids is 1. The second kappa shape index (κ2) is 12.8. The monoisotopic (exact) mass is 623 g/mol. The Labute approximate surface area is 255 Å². The molecule has 5 rings (SSSR count). The largest absolute Gasteiger partial charge is 0.485 e. The summed E-state index contributed by atoms with van der Waals surface area (Å²) in [5.74, 6) is -2.62. The third-order valence-electron chi connectivity index (χ3n) is 7.51. The van der Waals surface area contributed by atoms with Crippen LogP contribution in [-0.2, 0) is 16.1 Å². The molecule has 228 valence electrons. The Morgan fingerprint density at radius 1 is 1.11 bits per heavy atom. The van der Waals surface area contributed by atoms with E-state index in [9.17, 15) is 28.7 Å². The van der Waals surface area contributed by atoms with Gasteiger partial charge in [0, 0.05) is 40.2 Å². The topological polar surface area (TPSA) is 120 Å². The first-order valence-corrected chi connectivity index (χ1v) is 14.1. The zero-order chi connectivity index (χ0) is 31.5. The molecule has 2 amide bonds. The fourth-order valence-electron chi connectivity index (χ4n) is 5.31. The van der Waals surface area contributed by atoms with Crippen LogP contribution in [0.25, 0.3) is 10.9 Å². The van der Waals surface area contributed by atoms with Crippen LogP contribution < -0.4 is 4.74 Å². The van der Waals surface area contributed by atoms with Gasteiger partial charge in [0.25, 0.3) is 5.91 Å². The second-order valence-electron chi connectivity index (χ2n) is 10.6. The molecule has 0 saturated carbocycles. The molecule has 4 aromatic rings. The number of halogens is 3. The first-order valence-electron chi connectivity index (χ1n) is 13.8. The lowest BCUT2D eigenvalue weighted by atomic mass is 10.0. The molecule has 0 bridgehead atoms. The molecule has 44 heavy (non-hydrogen) atoms. The highest BCUT2D eigenvalue weighted by molar-refractivity contribution is 6.30. The minimum atomic E-state index is -1.53. The van der Waals surface area contributed by atoms with Crippen molar-refractivity contribution < 1.29 is 37.9 Å². The number of nitrogens with zero attached hydrogens (tertiary/aromatic N) is 2. The summed E-state index contributed by atoms with van der Waals surface area (Å²) in [4.78, 5) is 54.0. The predicted molar refractivity (Wildman–Crippen MR) is 158 cm³/mol. The number of hydrogen-bond donors (Lipinski definition) is 2. The Morgan fingerprint density at radius 2 is 1.86 bits per heavy atom. The van der Waals surface area contributed by atoms with Crippen molar-refractivity contribution in [2.75, 3.05) is 6.54 Å². The van der Waals surface area contributed by atoms with Crippen molar-refractivity contribution in [1.82, 2.24) is 15.0 Å². The van der Waals surface area contributed by atoms with Gasteiger partial charge < -0.3 is 19.7 Å². The Morgan fingerprint density at radius 3 is 2.55 bits per heavy atom. The van der Waals surface area contributed by atoms with Gasteiger partial charge in [-0.3, -0.25) is 14.4 Å². The molecule has 3 atom stereocenters. The molecule has 3 aromatic carbocycles. The predicted octanol–water partition coefficient (Wildman–Crippen LogP) is 6.08. The zero-order valence-electron chi connectivity index (χ0n) is 23.5. The van der Waals surface area contributed by atoms with E-state index < -0.39 is 49.2 Å². The number of hydrogen-bond acceptors (Lipinski definition) is 5. The first kappa shape index (κ1) is 30.7. The summed E-state index contributed by atoms with van der Waals surface area (Å²) in [5, 5.41) is 10.3. The average molecular weight is 624 g/mol. The summed E-state index contributed by atoms with van der Waals surface area (Å²) in [7, 11) is 0. The number of aromatic amines is 1. The summed E-state index contributed by atoms with van der Waals surface area (Å²) in [6, 6.07) is 15.6. The Hall–Kier alpha value is -4.77. The average Bonchev–Trinajstić information content (AvgIpc) is 3.60. The van der Waals surface area contributed by atoms with Gasteiger partial charge in [-0.1, -0.05) is 40.3 Å². The van der Waals surface area contributed by atoms with E-state index in [-0.39, 0.29) is 29.3 Å². The number of benzene rings is 3. The summed E-state index contributed by atoms with van der Waals surface area (Å²) in [5.41, 5.74) is 2.02. The fraction of sp³-hybridized carbons (Fsp3) is 0.250. The smallest absolute Gasteiger partial charge is 0.335 e. The normalized spacial score (nSPS) is 17.0. The van der Waals surface area contributed by atoms with Crippen LogP contribution >= 0.6 is 11.6 Å². The number of carbonyl (C=O) groups is 4. The van der Waals surface area contributed by atoms with Crippen molar-refractivity contribution in [3.05, 3.63) is 100 Å². The van der Waals surface area contributed by atoms with Crippen LogP contribution in [0, 0.1) is 0 Å². The quantitative estimate of drug-likeness (QED) is 0.163. The van der Waals surface area contributed by atoms with E-state index in [0.717, 1.165) is 4.90 Å². The highest BCUT2D eigenvalue weighted by Crippen LogP contribution is 2.32. The summed E-state index contributed by atoms with van der Waals surface area (Å²) in [6.45, 7) is 0.628. The molecule has 2 heterocycles. The highest BCUT2D eigenvalue weighted by atomic mass is 35.5. The number of carbonyl (C=O) groups excluding carboxylic acids is 3. The van der Waals surface area contributed by atoms with E-state index in [2.05, 4.69) is 4.98 Å². The third kappa shape index (κ3) is 6.73. The van der Waals surface area contributed by atoms with Crippen LogP contribution in [0.1, 0.15) is 57.7 Å². The SMILES string of the molecule is CC(=O)c1c[nH]c2cc(OC(CC(=O)N3C[C@H](F)C[C@H]3C(=O)N(F)Cc3cccc(Cl)c3)c3ccc(C(=O)O)cc3)ccc12. The number of H-pyrrole nitrogens is 1. The number of ketones is 1. The molecule has 0 spiro atoms. The molecule has 1 saturated heterocycles. The van der Waals surface area contributed by atoms with Crippen LogP contribution in [0.5, 0.6) is 5.75 Å². The van der Waals surface area contributed by atoms with Crippen molar-refractivity contribution in [2.45, 2.75) is 44.6 Å². The Kier molecular flexibility index (Phi) is 8.96. The van der Waals surface area contributed by atoms with E-state index in [4.69, 9.17) is 16.3 Å². The van der Waals surface area contributed by atoms with Crippen LogP contribution in [0.15, 0.2) is 72.9 Å². The maximum Gasteiger partial charge on any atom is 0.335 e. The van der Waals surface area contributed by atoms with E-state index in [1.54, 1.807) is 42.6 Å². The molecule has 12 heteroatoms. The van der Waals surface area contributed by atoms with E-state index in [1.165, 1.54) is 37.3 Å². The number of ether oxygens (including phenoxy) is 1. The molecule has 2 N–H and O–H groups in total. The molecular formula is C32H28ClF2N3O6. The van der Waals surface area contributed by atoms with Gasteiger partial charge in [0.1, 0.15) is 24.1 Å². The van der Waals surface area contributed by atoms with Gasteiger partial charge in [0.05, 0.1) is 25.1 Å². The lowest BCUT2D eigenvalue weighted by Crippen LogP contribution is -2.45. The van der Waals surface area contributed by atoms with Crippen molar-refractivity contribution >= 4 is 46.1 Å². The third-order valence-corrected chi connectivity index (χ3v) is 7.74. The molecule has 1 fully saturated rings. The number of likely N-dealkylation sites (tertiary alicyclic amines) is 1. The van der Waals surface area contributed by atoms with Crippen molar-refractivity contribution in [3.8, 4) is 5.75 Å². The molecule has 0 aliphatic carbocycles. The molecule has 0 radical (unpaired) electrons. The number of nitrogens with one attached hydrogen (secondary N) is 1. The number of Topliss-reactive ketones (excluding diaryl/α,β-unsaturated/α-hetero) is 1. The van der Waals surface area contributed by atoms with Crippen molar-refractivity contribution in [2.24, 2.45) is 0 Å². The van der Waals surface area contributed by atoms with E-state index in [1.807, 2.05) is 0 Å². The lowest BCUT2D eigenvalue weighted by Gasteiger charge is -2.27. The number of alkyl halides is 1. The maximum absolute atomic E-state index is 15.0. The summed E-state index contributed by atoms with van der Waals surface area (Å²) >= 11 is 5.96. The standard InChI is InChI=1S/C32H28ClF2N3O6/c1-18(39)26-15-36-27-13-24(9-10-25(26)27)44-29(20-5-7-21(8-6-20)32(42)43)14-30(40)37-17-23(34)12-28(37)31(41)38(35)16-19-3-2-4-22(33)11-19/h2-11,13,15,23,28-29,36H,12,14,16-17H2,1H3,(H,42,43)/t23-,28+,29?/m1/s1. The van der Waals surface area contributed by atoms with Gasteiger partial charge in [-0.15, -0.1) is 0 Å². The Bertz CT molecular complexity index is 1730. The minimum Gasteiger partial charge on any atom is -0.485 e. The van der Waals surface area contributed by atoms with Crippen molar-refractivity contribution in [3.63, 3.8) is 0 Å². The molecular weight excluding hydrogens is 596 g/mol. The number of amides is 2. The molecule has 9 nitrogen and oxygen atoms in total. The van der Waals surface area contributed by atoms with Crippen LogP contribution in [0.3, 0.4) is 0 Å². The number of carboxylic acid groups (broad SMARTS) is 1. The van der Waals surface area contributed by atoms with Crippen LogP contribution in [0.4, 0.5) is 8.87 Å². The summed E-state index contributed by atoms with van der Waals surface area (Å²) < 4.78 is 35.8. The number of fused-ring (bicyclic) bond motifs is 1. The minimum absolute atomic E-state index is 0.0246. The molecule has 1 aliphatic rings. The van der Waals surface area contributed by atoms with Crippen LogP contribution in [0.2, 0.25) is 5.02 Å². The number of rotatable bonds is 10. The van der Waals surface area contributed by atoms with Crippen molar-refractivity contribution in [1.29, 1.82) is 0 Å². The van der Waals surface area contributed by atoms with E-state index in [0.29, 0.717) is 38.4 Å². The molecule has 1 unspecified atom stereocenters. The van der Waals surface area contributed by atoms with E-state index >= 15 is 4.48 Å². The maximum atomic E-state index is 15.0. The Balaban J connectivity index is 1.38. The van der Waals surface area contributed by atoms with Crippen LogP contribution in [-0.4, -0.2) is 62.4 Å². The van der Waals surface area contributed by atoms with Gasteiger partial charge in [-0.2, -0.15) is 5.12 Å². The zero-order valence-corrected chi connectivity index (χ0v) is 24.3. The fourth-order valence-corrected chi connectivity index (χ4v) is 5.52. The highest BCUT2D eigenvalue weighted by Gasteiger charge is 2.42. The van der Waals surface area contributed by atoms with Gasteiger partial charge in [0.2, 0.25) is 5.91 Å². The summed E-state index contributed by atoms with van der Waals surface area (Å²) in [6.07, 6.45) is -1.65. The van der Waals surface area contributed by atoms with Gasteiger partial charge in [-0.25, -0.2) is 9.18 Å². The van der Waals surface area contributed by atoms with Gasteiger partial charge in [-0.05, 0) is 54.4 Å². The number of aromatic carboxylic acids is 1.